The molecule has 0 aliphatic rings. The quantitative estimate of drug-likeness (QED) is 0.919. The number of aromatic nitrogens is 4. The number of rotatable bonds is 5. The Labute approximate surface area is 126 Å². The minimum absolute atomic E-state index is 0. The van der Waals surface area contributed by atoms with Gasteiger partial charge in [0, 0.05) is 44.0 Å². The van der Waals surface area contributed by atoms with Gasteiger partial charge in [-0.1, -0.05) is 0 Å². The Kier molecular flexibility index (Phi) is 5.79. The highest BCUT2D eigenvalue weighted by atomic mass is 35.5. The molecule has 0 atom stereocenters. The zero-order chi connectivity index (χ0) is 14.8. The number of halogens is 4. The Balaban J connectivity index is 0.00000220. The first kappa shape index (κ1) is 17.5. The highest BCUT2D eigenvalue weighted by Crippen LogP contribution is 2.31. The predicted molar refractivity (Wildman–Crippen MR) is 73.9 cm³/mol. The molecular formula is C12H17ClF3N5. The third kappa shape index (κ3) is 4.21. The van der Waals surface area contributed by atoms with E-state index in [1.54, 1.807) is 10.9 Å². The lowest BCUT2D eigenvalue weighted by molar-refractivity contribution is -0.144. The van der Waals surface area contributed by atoms with Crippen LogP contribution in [-0.2, 0) is 32.9 Å². The van der Waals surface area contributed by atoms with Crippen molar-refractivity contribution in [2.45, 2.75) is 32.7 Å². The van der Waals surface area contributed by atoms with Gasteiger partial charge in [-0.3, -0.25) is 9.36 Å². The van der Waals surface area contributed by atoms with Crippen LogP contribution in [0.5, 0.6) is 0 Å². The van der Waals surface area contributed by atoms with Crippen molar-refractivity contribution in [1.82, 2.24) is 24.9 Å². The van der Waals surface area contributed by atoms with Crippen molar-refractivity contribution < 1.29 is 13.2 Å². The molecule has 2 heterocycles. The zero-order valence-electron chi connectivity index (χ0n) is 11.7. The predicted octanol–water partition coefficient (Wildman–Crippen LogP) is 2.37. The summed E-state index contributed by atoms with van der Waals surface area (Å²) in [5.74, 6) is 0. The van der Waals surface area contributed by atoms with Crippen molar-refractivity contribution in [3.05, 3.63) is 35.4 Å². The van der Waals surface area contributed by atoms with E-state index in [0.717, 1.165) is 16.8 Å². The lowest BCUT2D eigenvalue weighted by Crippen LogP contribution is -2.18. The molecule has 0 amide bonds. The zero-order valence-corrected chi connectivity index (χ0v) is 12.5. The second kappa shape index (κ2) is 6.95. The summed E-state index contributed by atoms with van der Waals surface area (Å²) in [5, 5.41) is 10.7. The summed E-state index contributed by atoms with van der Waals surface area (Å²) in [7, 11) is 1.29. The maximum absolute atomic E-state index is 12.8. The first-order chi connectivity index (χ1) is 9.41. The van der Waals surface area contributed by atoms with Crippen LogP contribution < -0.4 is 5.32 Å². The molecule has 21 heavy (non-hydrogen) atoms. The molecule has 118 valence electrons. The minimum Gasteiger partial charge on any atom is -0.308 e. The van der Waals surface area contributed by atoms with Crippen molar-refractivity contribution in [3.63, 3.8) is 0 Å². The fourth-order valence-corrected chi connectivity index (χ4v) is 1.99. The molecule has 0 aliphatic heterocycles. The van der Waals surface area contributed by atoms with Gasteiger partial charge in [0.25, 0.3) is 0 Å². The largest absolute Gasteiger partial charge is 0.433 e. The molecule has 0 unspecified atom stereocenters. The van der Waals surface area contributed by atoms with E-state index < -0.39 is 11.9 Å². The van der Waals surface area contributed by atoms with Crippen LogP contribution in [0.2, 0.25) is 0 Å². The Morgan fingerprint density at radius 2 is 1.90 bits per heavy atom. The molecule has 0 aliphatic carbocycles. The van der Waals surface area contributed by atoms with Gasteiger partial charge in [0.1, 0.15) is 5.69 Å². The second-order valence-electron chi connectivity index (χ2n) is 4.45. The van der Waals surface area contributed by atoms with Gasteiger partial charge < -0.3 is 5.32 Å². The van der Waals surface area contributed by atoms with E-state index in [1.165, 1.54) is 13.2 Å². The van der Waals surface area contributed by atoms with Crippen molar-refractivity contribution in [2.75, 3.05) is 0 Å². The Bertz CT molecular complexity index is 576. The fourth-order valence-electron chi connectivity index (χ4n) is 1.99. The summed E-state index contributed by atoms with van der Waals surface area (Å²) < 4.78 is 41.1. The van der Waals surface area contributed by atoms with Crippen LogP contribution >= 0.6 is 12.4 Å². The van der Waals surface area contributed by atoms with E-state index in [1.807, 2.05) is 13.1 Å². The first-order valence-electron chi connectivity index (χ1n) is 6.22. The molecule has 2 aromatic heterocycles. The lowest BCUT2D eigenvalue weighted by atomic mass is 10.2. The van der Waals surface area contributed by atoms with Crippen LogP contribution in [0.3, 0.4) is 0 Å². The van der Waals surface area contributed by atoms with Crippen LogP contribution in [0.4, 0.5) is 13.2 Å². The lowest BCUT2D eigenvalue weighted by Gasteiger charge is -2.10. The average molecular weight is 324 g/mol. The van der Waals surface area contributed by atoms with Crippen molar-refractivity contribution in [1.29, 1.82) is 0 Å². The third-order valence-corrected chi connectivity index (χ3v) is 2.94. The van der Waals surface area contributed by atoms with E-state index in [4.69, 9.17) is 0 Å². The van der Waals surface area contributed by atoms with Gasteiger partial charge in [-0.25, -0.2) is 0 Å². The molecule has 1 N–H and O–H groups in total. The normalized spacial score (nSPS) is 11.5. The molecule has 2 rings (SSSR count). The van der Waals surface area contributed by atoms with Crippen molar-refractivity contribution in [3.8, 4) is 0 Å². The van der Waals surface area contributed by atoms with Crippen LogP contribution in [0.25, 0.3) is 0 Å². The summed E-state index contributed by atoms with van der Waals surface area (Å²) in [4.78, 5) is 0. The van der Waals surface area contributed by atoms with Gasteiger partial charge in [-0.2, -0.15) is 23.4 Å². The summed E-state index contributed by atoms with van der Waals surface area (Å²) >= 11 is 0. The maximum atomic E-state index is 12.8. The Hall–Kier alpha value is -1.54. The van der Waals surface area contributed by atoms with Gasteiger partial charge in [0.05, 0.1) is 12.4 Å². The van der Waals surface area contributed by atoms with Crippen LogP contribution in [-0.4, -0.2) is 19.6 Å². The van der Waals surface area contributed by atoms with Crippen molar-refractivity contribution in [2.24, 2.45) is 7.05 Å². The van der Waals surface area contributed by atoms with E-state index in [2.05, 4.69) is 15.5 Å². The molecular weight excluding hydrogens is 307 g/mol. The minimum atomic E-state index is -4.39. The van der Waals surface area contributed by atoms with E-state index in [0.29, 0.717) is 6.54 Å². The summed E-state index contributed by atoms with van der Waals surface area (Å²) in [6.07, 6.45) is 0.409. The monoisotopic (exact) mass is 323 g/mol. The summed E-state index contributed by atoms with van der Waals surface area (Å²) in [6.45, 7) is 3.31. The van der Waals surface area contributed by atoms with Gasteiger partial charge in [-0.05, 0) is 6.92 Å². The number of aryl methyl sites for hydroxylation is 2. The molecule has 0 bridgehead atoms. The topological polar surface area (TPSA) is 47.7 Å². The SMILES string of the molecule is CCn1cc(CNCc2cnn(C)c2C(F)(F)F)cn1.Cl. The third-order valence-electron chi connectivity index (χ3n) is 2.94. The van der Waals surface area contributed by atoms with E-state index in [9.17, 15) is 13.2 Å². The fraction of sp³-hybridized carbons (Fsp3) is 0.500. The van der Waals surface area contributed by atoms with Gasteiger partial charge in [0.2, 0.25) is 0 Å². The van der Waals surface area contributed by atoms with Gasteiger partial charge >= 0.3 is 6.18 Å². The average Bonchev–Trinajstić information content (AvgIpc) is 2.95. The Morgan fingerprint density at radius 3 is 2.48 bits per heavy atom. The van der Waals surface area contributed by atoms with Crippen LogP contribution in [0.1, 0.15) is 23.7 Å². The summed E-state index contributed by atoms with van der Waals surface area (Å²) in [6, 6.07) is 0. The smallest absolute Gasteiger partial charge is 0.308 e. The van der Waals surface area contributed by atoms with E-state index >= 15 is 0 Å². The van der Waals surface area contributed by atoms with Crippen molar-refractivity contribution >= 4 is 12.4 Å². The highest BCUT2D eigenvalue weighted by Gasteiger charge is 2.36. The highest BCUT2D eigenvalue weighted by molar-refractivity contribution is 5.85. The second-order valence-corrected chi connectivity index (χ2v) is 4.45. The van der Waals surface area contributed by atoms with Gasteiger partial charge in [0.15, 0.2) is 0 Å². The van der Waals surface area contributed by atoms with E-state index in [-0.39, 0.29) is 24.5 Å². The number of hydrogen-bond acceptors (Lipinski definition) is 3. The molecule has 0 aromatic carbocycles. The molecule has 0 saturated heterocycles. The Morgan fingerprint density at radius 1 is 1.19 bits per heavy atom. The number of nitrogens with one attached hydrogen (secondary N) is 1. The number of alkyl halides is 3. The first-order valence-corrected chi connectivity index (χ1v) is 6.22. The molecule has 0 saturated carbocycles. The van der Waals surface area contributed by atoms with Crippen LogP contribution in [0, 0.1) is 0 Å². The standard InChI is InChI=1S/C12H16F3N5.ClH/c1-3-20-8-9(5-18-20)4-16-6-10-7-17-19(2)11(10)12(13,14)15;/h5,7-8,16H,3-4,6H2,1-2H3;1H. The number of hydrogen-bond donors (Lipinski definition) is 1. The molecule has 2 aromatic rings. The van der Waals surface area contributed by atoms with Gasteiger partial charge in [-0.15, -0.1) is 12.4 Å². The maximum Gasteiger partial charge on any atom is 0.433 e. The molecule has 0 fully saturated rings. The molecule has 5 nitrogen and oxygen atoms in total. The molecule has 0 spiro atoms. The molecule has 0 radical (unpaired) electrons. The molecule has 9 heteroatoms. The summed E-state index contributed by atoms with van der Waals surface area (Å²) in [5.41, 5.74) is 0.362. The van der Waals surface area contributed by atoms with Crippen LogP contribution in [0.15, 0.2) is 18.6 Å². The number of nitrogens with zero attached hydrogens (tertiary/aromatic N) is 4.